The molecule has 7 nitrogen and oxygen atoms in total. The molecule has 4 rings (SSSR count). The molecule has 2 aromatic heterocycles. The van der Waals surface area contributed by atoms with Crippen LogP contribution in [0.4, 0.5) is 0 Å². The van der Waals surface area contributed by atoms with E-state index in [4.69, 9.17) is 0 Å². The maximum absolute atomic E-state index is 12.4. The number of nitrogens with zero attached hydrogens (tertiary/aromatic N) is 3. The predicted octanol–water partition coefficient (Wildman–Crippen LogP) is 2.41. The van der Waals surface area contributed by atoms with Crippen molar-refractivity contribution in [3.8, 4) is 0 Å². The number of fused-ring (bicyclic) bond motifs is 2. The molecule has 0 aliphatic carbocycles. The van der Waals surface area contributed by atoms with Crippen LogP contribution in [0.1, 0.15) is 18.7 Å². The fraction of sp³-hybridized carbons (Fsp3) is 0.238. The van der Waals surface area contributed by atoms with Crippen LogP contribution >= 0.6 is 0 Å². The fourth-order valence-corrected chi connectivity index (χ4v) is 3.21. The first-order chi connectivity index (χ1) is 13.7. The Hall–Kier alpha value is -3.48. The molecule has 0 saturated carbocycles. The molecule has 0 unspecified atom stereocenters. The molecule has 1 amide bonds. The average molecular weight is 375 g/mol. The molecule has 142 valence electrons. The zero-order chi connectivity index (χ0) is 19.3. The first kappa shape index (κ1) is 17.9. The monoisotopic (exact) mass is 375 g/mol. The van der Waals surface area contributed by atoms with E-state index >= 15 is 0 Å². The van der Waals surface area contributed by atoms with E-state index in [9.17, 15) is 9.59 Å². The van der Waals surface area contributed by atoms with Crippen molar-refractivity contribution in [2.45, 2.75) is 25.8 Å². The zero-order valence-corrected chi connectivity index (χ0v) is 15.4. The van der Waals surface area contributed by atoms with Crippen LogP contribution in [0.15, 0.2) is 59.7 Å². The quantitative estimate of drug-likeness (QED) is 0.519. The Bertz CT molecular complexity index is 1150. The maximum atomic E-state index is 12.4. The van der Waals surface area contributed by atoms with Crippen LogP contribution in [0.3, 0.4) is 0 Å². The molecule has 0 atom stereocenters. The van der Waals surface area contributed by atoms with E-state index in [1.165, 1.54) is 0 Å². The second-order valence-electron chi connectivity index (χ2n) is 6.66. The van der Waals surface area contributed by atoms with Crippen LogP contribution in [0.25, 0.3) is 21.9 Å². The van der Waals surface area contributed by atoms with Gasteiger partial charge in [-0.2, -0.15) is 0 Å². The molecule has 2 N–H and O–H groups in total. The van der Waals surface area contributed by atoms with Crippen LogP contribution in [0.2, 0.25) is 0 Å². The minimum Gasteiger partial charge on any atom is -0.356 e. The average Bonchev–Trinajstić information content (AvgIpc) is 3.13. The molecule has 0 aliphatic rings. The van der Waals surface area contributed by atoms with Crippen molar-refractivity contribution in [2.75, 3.05) is 6.54 Å². The second-order valence-corrected chi connectivity index (χ2v) is 6.66. The van der Waals surface area contributed by atoms with Crippen molar-refractivity contribution < 1.29 is 4.79 Å². The molecular formula is C21H21N5O2. The summed E-state index contributed by atoms with van der Waals surface area (Å²) >= 11 is 0. The fourth-order valence-electron chi connectivity index (χ4n) is 3.21. The number of nitrogens with one attached hydrogen (secondary N) is 2. The summed E-state index contributed by atoms with van der Waals surface area (Å²) in [5.74, 6) is 0.827. The molecule has 0 aliphatic heterocycles. The third-order valence-electron chi connectivity index (χ3n) is 4.66. The SMILES string of the molecule is O=C(CCCn1cnc2ccccc2c1=O)NCCc1nc2ccccc2[nH]1. The number of amides is 1. The lowest BCUT2D eigenvalue weighted by atomic mass is 10.2. The number of aryl methyl sites for hydroxylation is 1. The summed E-state index contributed by atoms with van der Waals surface area (Å²) in [5.41, 5.74) is 2.54. The van der Waals surface area contributed by atoms with Gasteiger partial charge >= 0.3 is 0 Å². The summed E-state index contributed by atoms with van der Waals surface area (Å²) in [6, 6.07) is 15.1. The summed E-state index contributed by atoms with van der Waals surface area (Å²) in [7, 11) is 0. The van der Waals surface area contributed by atoms with Gasteiger partial charge in [0.1, 0.15) is 5.82 Å². The predicted molar refractivity (Wildman–Crippen MR) is 108 cm³/mol. The summed E-state index contributed by atoms with van der Waals surface area (Å²) in [4.78, 5) is 36.5. The summed E-state index contributed by atoms with van der Waals surface area (Å²) in [6.07, 6.45) is 3.13. The van der Waals surface area contributed by atoms with Gasteiger partial charge in [-0.05, 0) is 30.7 Å². The number of aromatic amines is 1. The molecule has 2 heterocycles. The van der Waals surface area contributed by atoms with Gasteiger partial charge in [-0.15, -0.1) is 0 Å². The van der Waals surface area contributed by atoms with Crippen molar-refractivity contribution in [1.29, 1.82) is 0 Å². The molecule has 7 heteroatoms. The van der Waals surface area contributed by atoms with Crippen LogP contribution in [0, 0.1) is 0 Å². The van der Waals surface area contributed by atoms with Gasteiger partial charge in [0, 0.05) is 25.9 Å². The molecule has 0 saturated heterocycles. The number of hydrogen-bond acceptors (Lipinski definition) is 4. The Morgan fingerprint density at radius 3 is 2.71 bits per heavy atom. The Balaban J connectivity index is 1.24. The number of rotatable bonds is 7. The number of imidazole rings is 1. The third kappa shape index (κ3) is 3.93. The summed E-state index contributed by atoms with van der Waals surface area (Å²) < 4.78 is 1.56. The minimum absolute atomic E-state index is 0.0297. The minimum atomic E-state index is -0.0732. The first-order valence-corrected chi connectivity index (χ1v) is 9.35. The van der Waals surface area contributed by atoms with E-state index in [0.29, 0.717) is 43.3 Å². The molecule has 0 spiro atoms. The highest BCUT2D eigenvalue weighted by molar-refractivity contribution is 5.77. The third-order valence-corrected chi connectivity index (χ3v) is 4.66. The Labute approximate surface area is 161 Å². The van der Waals surface area contributed by atoms with Gasteiger partial charge in [-0.3, -0.25) is 14.2 Å². The van der Waals surface area contributed by atoms with Crippen LogP contribution in [-0.4, -0.2) is 32.0 Å². The number of carbonyl (C=O) groups is 1. The van der Waals surface area contributed by atoms with E-state index in [2.05, 4.69) is 20.3 Å². The normalized spacial score (nSPS) is 11.1. The van der Waals surface area contributed by atoms with Crippen molar-refractivity contribution >= 4 is 27.8 Å². The number of benzene rings is 2. The topological polar surface area (TPSA) is 92.7 Å². The van der Waals surface area contributed by atoms with Crippen molar-refractivity contribution in [1.82, 2.24) is 24.8 Å². The lowest BCUT2D eigenvalue weighted by Crippen LogP contribution is -2.27. The Kier molecular flexibility index (Phi) is 5.14. The Morgan fingerprint density at radius 2 is 1.86 bits per heavy atom. The molecule has 4 aromatic rings. The number of aromatic nitrogens is 4. The first-order valence-electron chi connectivity index (χ1n) is 9.35. The lowest BCUT2D eigenvalue weighted by molar-refractivity contribution is -0.121. The van der Waals surface area contributed by atoms with Gasteiger partial charge in [0.2, 0.25) is 5.91 Å². The second kappa shape index (κ2) is 8.04. The molecule has 0 bridgehead atoms. The van der Waals surface area contributed by atoms with Crippen LogP contribution < -0.4 is 10.9 Å². The van der Waals surface area contributed by atoms with E-state index in [0.717, 1.165) is 16.9 Å². The number of carbonyl (C=O) groups excluding carboxylic acids is 1. The van der Waals surface area contributed by atoms with Crippen molar-refractivity contribution in [3.05, 3.63) is 71.0 Å². The van der Waals surface area contributed by atoms with Gasteiger partial charge < -0.3 is 10.3 Å². The van der Waals surface area contributed by atoms with Gasteiger partial charge in [0.15, 0.2) is 0 Å². The summed E-state index contributed by atoms with van der Waals surface area (Å²) in [6.45, 7) is 0.990. The van der Waals surface area contributed by atoms with Crippen molar-refractivity contribution in [2.24, 2.45) is 0 Å². The largest absolute Gasteiger partial charge is 0.356 e. The lowest BCUT2D eigenvalue weighted by Gasteiger charge is -2.07. The smallest absolute Gasteiger partial charge is 0.261 e. The van der Waals surface area contributed by atoms with Gasteiger partial charge in [0.05, 0.1) is 28.3 Å². The van der Waals surface area contributed by atoms with E-state index in [-0.39, 0.29) is 11.5 Å². The highest BCUT2D eigenvalue weighted by Gasteiger charge is 2.06. The summed E-state index contributed by atoms with van der Waals surface area (Å²) in [5, 5.41) is 3.50. The molecule has 28 heavy (non-hydrogen) atoms. The molecule has 0 fully saturated rings. The van der Waals surface area contributed by atoms with E-state index < -0.39 is 0 Å². The zero-order valence-electron chi connectivity index (χ0n) is 15.4. The van der Waals surface area contributed by atoms with Crippen molar-refractivity contribution in [3.63, 3.8) is 0 Å². The number of H-pyrrole nitrogens is 1. The number of hydrogen-bond donors (Lipinski definition) is 2. The Morgan fingerprint density at radius 1 is 1.07 bits per heavy atom. The highest BCUT2D eigenvalue weighted by atomic mass is 16.1. The van der Waals surface area contributed by atoms with Crippen LogP contribution in [0.5, 0.6) is 0 Å². The van der Waals surface area contributed by atoms with Gasteiger partial charge in [-0.25, -0.2) is 9.97 Å². The maximum Gasteiger partial charge on any atom is 0.261 e. The van der Waals surface area contributed by atoms with Gasteiger partial charge in [-0.1, -0.05) is 24.3 Å². The molecule has 2 aromatic carbocycles. The number of para-hydroxylation sites is 3. The standard InChI is InChI=1S/C21H21N5O2/c27-20(22-12-11-19-24-17-8-3-4-9-18(17)25-19)10-5-13-26-14-23-16-7-2-1-6-15(16)21(26)28/h1-4,6-9,14H,5,10-13H2,(H,22,27)(H,24,25). The highest BCUT2D eigenvalue weighted by Crippen LogP contribution is 2.10. The molecular weight excluding hydrogens is 354 g/mol. The molecule has 0 radical (unpaired) electrons. The van der Waals surface area contributed by atoms with Gasteiger partial charge in [0.25, 0.3) is 5.56 Å². The van der Waals surface area contributed by atoms with E-state index in [1.54, 1.807) is 17.0 Å². The van der Waals surface area contributed by atoms with Crippen LogP contribution in [-0.2, 0) is 17.8 Å². The van der Waals surface area contributed by atoms with E-state index in [1.807, 2.05) is 42.5 Å².